The third-order valence-electron chi connectivity index (χ3n) is 5.57. The van der Waals surface area contributed by atoms with Crippen LogP contribution in [0.3, 0.4) is 0 Å². The summed E-state index contributed by atoms with van der Waals surface area (Å²) in [7, 11) is 1.84. The van der Waals surface area contributed by atoms with Gasteiger partial charge in [-0.25, -0.2) is 0 Å². The van der Waals surface area contributed by atoms with Gasteiger partial charge in [0, 0.05) is 34.1 Å². The van der Waals surface area contributed by atoms with Gasteiger partial charge in [0.25, 0.3) is 5.91 Å². The number of fused-ring (bicyclic) bond motifs is 1. The summed E-state index contributed by atoms with van der Waals surface area (Å²) in [6.45, 7) is 3.86. The van der Waals surface area contributed by atoms with E-state index < -0.39 is 0 Å². The molecule has 3 aromatic rings. The molecule has 1 aromatic heterocycles. The Kier molecular flexibility index (Phi) is 11.2. The number of hydrogen-bond acceptors (Lipinski definition) is 3. The maximum atomic E-state index is 12.4. The first-order valence-electron chi connectivity index (χ1n) is 12.0. The second kappa shape index (κ2) is 14.3. The molecule has 0 spiro atoms. The van der Waals surface area contributed by atoms with Crippen LogP contribution < -0.4 is 10.6 Å². The minimum atomic E-state index is -0.163. The summed E-state index contributed by atoms with van der Waals surface area (Å²) in [6.07, 6.45) is 9.39. The number of nitrogens with zero attached hydrogens (tertiary/aromatic N) is 2. The van der Waals surface area contributed by atoms with Gasteiger partial charge in [0.2, 0.25) is 0 Å². The van der Waals surface area contributed by atoms with Gasteiger partial charge in [-0.3, -0.25) is 4.79 Å². The summed E-state index contributed by atoms with van der Waals surface area (Å²) in [6, 6.07) is 17.4. The average molecular weight is 739 g/mol. The van der Waals surface area contributed by atoms with Crippen LogP contribution in [0.15, 0.2) is 77.5 Å². The van der Waals surface area contributed by atoms with Crippen LogP contribution in [0, 0.1) is 31.1 Å². The van der Waals surface area contributed by atoms with Crippen LogP contribution in [0.5, 0.6) is 0 Å². The van der Waals surface area contributed by atoms with Crippen molar-refractivity contribution in [3.63, 3.8) is 0 Å². The van der Waals surface area contributed by atoms with Gasteiger partial charge in [-0.1, -0.05) is 49.2 Å². The second-order valence-electron chi connectivity index (χ2n) is 8.28. The Balaban J connectivity index is 0.000000886. The molecule has 2 aromatic carbocycles. The Morgan fingerprint density at radius 2 is 1.97 bits per heavy atom. The summed E-state index contributed by atoms with van der Waals surface area (Å²) < 4.78 is 6.09. The number of carbonyl (C=O) groups is 1. The van der Waals surface area contributed by atoms with E-state index in [0.717, 1.165) is 59.8 Å². The quantitative estimate of drug-likeness (QED) is 0.175. The molecule has 0 radical (unpaired) electrons. The van der Waals surface area contributed by atoms with Crippen LogP contribution in [0.1, 0.15) is 36.7 Å². The van der Waals surface area contributed by atoms with E-state index in [1.54, 1.807) is 30.6 Å². The first kappa shape index (κ1) is 28.9. The Bertz CT molecular complexity index is 1310. The van der Waals surface area contributed by atoms with Crippen LogP contribution in [0.2, 0.25) is 5.02 Å². The Morgan fingerprint density at radius 3 is 2.70 bits per heavy atom. The molecular formula is C29H29ClN4O2U. The minimum absolute atomic E-state index is 0. The predicted molar refractivity (Wildman–Crippen MR) is 150 cm³/mol. The smallest absolute Gasteiger partial charge is 0.673 e. The molecule has 3 heterocycles. The molecule has 0 fully saturated rings. The third kappa shape index (κ3) is 8.15. The number of benzene rings is 2. The number of halogens is 1. The van der Waals surface area contributed by atoms with Gasteiger partial charge in [0.15, 0.2) is 0 Å². The van der Waals surface area contributed by atoms with Gasteiger partial charge >= 0.3 is 31.1 Å². The molecule has 0 saturated heterocycles. The summed E-state index contributed by atoms with van der Waals surface area (Å²) in [5.74, 6) is 1.19. The molecule has 188 valence electrons. The van der Waals surface area contributed by atoms with Crippen LogP contribution in [0.25, 0.3) is 39.3 Å². The topological polar surface area (TPSA) is 82.5 Å². The fourth-order valence-electron chi connectivity index (χ4n) is 3.83. The molecule has 8 heteroatoms. The first-order valence-corrected chi connectivity index (χ1v) is 12.3. The van der Waals surface area contributed by atoms with Crippen molar-refractivity contribution in [3.05, 3.63) is 106 Å². The summed E-state index contributed by atoms with van der Waals surface area (Å²) in [4.78, 5) is 12.4. The van der Waals surface area contributed by atoms with Crippen molar-refractivity contribution < 1.29 is 40.3 Å². The number of allylic oxidation sites excluding steroid dienone is 1. The number of furan rings is 1. The maximum Gasteiger partial charge on any atom is 2.00 e. The zero-order valence-corrected chi connectivity index (χ0v) is 25.8. The van der Waals surface area contributed by atoms with Crippen molar-refractivity contribution in [2.45, 2.75) is 19.8 Å². The molecule has 2 aliphatic rings. The molecule has 0 bridgehead atoms. The van der Waals surface area contributed by atoms with Crippen LogP contribution in [0.4, 0.5) is 5.69 Å². The van der Waals surface area contributed by atoms with Gasteiger partial charge in [0.05, 0.1) is 5.57 Å². The molecule has 2 N–H and O–H groups in total. The van der Waals surface area contributed by atoms with Gasteiger partial charge < -0.3 is 25.7 Å². The van der Waals surface area contributed by atoms with Crippen LogP contribution in [-0.2, 0) is 4.79 Å². The number of hydrogen-bond donors (Lipinski definition) is 2. The zero-order chi connectivity index (χ0) is 25.3. The number of nitrogens with one attached hydrogen (secondary N) is 2. The van der Waals surface area contributed by atoms with Crippen LogP contribution >= 0.6 is 11.6 Å². The van der Waals surface area contributed by atoms with Gasteiger partial charge in [0.1, 0.15) is 11.5 Å². The van der Waals surface area contributed by atoms with Gasteiger partial charge in [-0.05, 0) is 54.5 Å². The van der Waals surface area contributed by atoms with E-state index in [2.05, 4.69) is 46.4 Å². The Labute approximate surface area is 247 Å². The third-order valence-corrected chi connectivity index (χ3v) is 5.80. The minimum Gasteiger partial charge on any atom is -0.673 e. The molecule has 1 amide bonds. The Morgan fingerprint density at radius 1 is 1.16 bits per heavy atom. The zero-order valence-electron chi connectivity index (χ0n) is 20.9. The number of carbonyl (C=O) groups excluding carboxylic acids is 1. The molecule has 0 aliphatic carbocycles. The molecule has 0 unspecified atom stereocenters. The molecule has 0 saturated carbocycles. The SMILES string of the molecule is C1=C[N-]1.CC/C=C(/NCCC[N-]C)c1cccc(-c2ccc(/C=C3/C(=O)Nc4ccc(Cl)cc43)o2)c1.[U+2]. The van der Waals surface area contributed by atoms with E-state index in [1.807, 2.05) is 37.4 Å². The van der Waals surface area contributed by atoms with Gasteiger partial charge in [-0.15, -0.1) is 6.54 Å². The molecule has 0 atom stereocenters. The summed E-state index contributed by atoms with van der Waals surface area (Å²) in [5.41, 5.74) is 5.27. The average Bonchev–Trinajstić information content (AvgIpc) is 3.65. The predicted octanol–water partition coefficient (Wildman–Crippen LogP) is 7.67. The normalized spacial score (nSPS) is 14.2. The van der Waals surface area contributed by atoms with E-state index >= 15 is 0 Å². The molecular weight excluding hydrogens is 710 g/mol. The first-order chi connectivity index (χ1) is 17.6. The molecule has 5 rings (SSSR count). The van der Waals surface area contributed by atoms with E-state index in [4.69, 9.17) is 16.0 Å². The Hall–Kier alpha value is -2.69. The monoisotopic (exact) mass is 738 g/mol. The van der Waals surface area contributed by atoms with Crippen molar-refractivity contribution >= 4 is 40.5 Å². The summed E-state index contributed by atoms with van der Waals surface area (Å²) in [5, 5.41) is 14.6. The second-order valence-corrected chi connectivity index (χ2v) is 8.71. The maximum absolute atomic E-state index is 12.4. The number of anilines is 1. The van der Waals surface area contributed by atoms with E-state index in [-0.39, 0.29) is 37.0 Å². The number of amides is 1. The van der Waals surface area contributed by atoms with Crippen molar-refractivity contribution in [3.8, 4) is 11.3 Å². The molecule has 37 heavy (non-hydrogen) atoms. The van der Waals surface area contributed by atoms with Gasteiger partial charge in [-0.2, -0.15) is 19.4 Å². The summed E-state index contributed by atoms with van der Waals surface area (Å²) >= 11 is 6.13. The largest absolute Gasteiger partial charge is 2.00 e. The van der Waals surface area contributed by atoms with Crippen molar-refractivity contribution in [1.82, 2.24) is 5.32 Å². The van der Waals surface area contributed by atoms with E-state index in [1.165, 1.54) is 0 Å². The fraction of sp³-hybridized carbons (Fsp3) is 0.207. The van der Waals surface area contributed by atoms with Crippen LogP contribution in [-0.4, -0.2) is 26.0 Å². The van der Waals surface area contributed by atoms with Crippen molar-refractivity contribution in [2.24, 2.45) is 0 Å². The number of rotatable bonds is 9. The molecule has 6 nitrogen and oxygen atoms in total. The van der Waals surface area contributed by atoms with Crippen molar-refractivity contribution in [2.75, 3.05) is 25.5 Å². The standard InChI is InChI=1S/C27H27ClN3O2.C2H2N.U/c1-3-6-24(30-14-5-13-29-2)18-7-4-8-19(15-18)26-12-10-21(33-26)17-23-22-16-20(28)9-11-25(22)31-27(23)32;1-2-3-1;/h4,6-12,15-17,30H,3,5,13-14H2,1-2H3,(H,31,32);1-2H;/q2*-1;+2/b23-17+,24-6+;;. The van der Waals surface area contributed by atoms with E-state index in [0.29, 0.717) is 16.4 Å². The van der Waals surface area contributed by atoms with E-state index in [9.17, 15) is 4.79 Å². The molecule has 2 aliphatic heterocycles. The van der Waals surface area contributed by atoms with Crippen molar-refractivity contribution in [1.29, 1.82) is 0 Å². The fourth-order valence-corrected chi connectivity index (χ4v) is 4.00.